The lowest BCUT2D eigenvalue weighted by atomic mass is 9.78. The molecule has 3 rings (SSSR count). The molecule has 0 spiro atoms. The summed E-state index contributed by atoms with van der Waals surface area (Å²) in [7, 11) is -4.49. The number of nitrogens with zero attached hydrogens (tertiary/aromatic N) is 2. The van der Waals surface area contributed by atoms with E-state index in [0.29, 0.717) is 5.01 Å². The summed E-state index contributed by atoms with van der Waals surface area (Å²) >= 11 is 0. The highest BCUT2D eigenvalue weighted by Crippen LogP contribution is 2.60. The van der Waals surface area contributed by atoms with Gasteiger partial charge in [0, 0.05) is 31.2 Å². The van der Waals surface area contributed by atoms with Crippen molar-refractivity contribution in [3.8, 4) is 0 Å². The first kappa shape index (κ1) is 44.2. The van der Waals surface area contributed by atoms with E-state index in [1.54, 1.807) is 18.3 Å². The minimum Gasteiger partial charge on any atom is -0.467 e. The van der Waals surface area contributed by atoms with Crippen LogP contribution in [0.15, 0.2) is 31.0 Å². The van der Waals surface area contributed by atoms with Gasteiger partial charge in [-0.1, -0.05) is 47.6 Å². The number of esters is 1. The summed E-state index contributed by atoms with van der Waals surface area (Å²) in [6.45, 7) is 28.1. The average Bonchev–Trinajstić information content (AvgIpc) is 3.69. The normalized spacial score (nSPS) is 25.6. The van der Waals surface area contributed by atoms with E-state index in [1.807, 2.05) is 67.7 Å². The van der Waals surface area contributed by atoms with Gasteiger partial charge in [0.1, 0.15) is 16.8 Å². The van der Waals surface area contributed by atoms with Crippen LogP contribution < -0.4 is 5.32 Å². The van der Waals surface area contributed by atoms with Crippen LogP contribution in [0.2, 0.25) is 36.3 Å². The summed E-state index contributed by atoms with van der Waals surface area (Å²) in [6, 6.07) is 1.35. The number of halogens is 3. The maximum Gasteiger partial charge on any atom is 0.473 e. The number of aromatic amines is 1. The number of hydrazine groups is 1. The van der Waals surface area contributed by atoms with Crippen molar-refractivity contribution in [2.24, 2.45) is 17.8 Å². The maximum atomic E-state index is 14.9. The second-order valence-corrected chi connectivity index (χ2v) is 27.6. The Hall–Kier alpha value is -3.16. The lowest BCUT2D eigenvalue weighted by Gasteiger charge is -2.48. The Bertz CT molecular complexity index is 1530. The van der Waals surface area contributed by atoms with Gasteiger partial charge in [-0.05, 0) is 75.1 Å². The minimum atomic E-state index is -5.53. The maximum absolute atomic E-state index is 14.9. The number of amides is 3. The lowest BCUT2D eigenvalue weighted by Crippen LogP contribution is -2.65. The molecule has 0 radical (unpaired) electrons. The summed E-state index contributed by atoms with van der Waals surface area (Å²) < 4.78 is 69.4. The average molecular weight is 789 g/mol. The molecule has 1 saturated carbocycles. The molecule has 2 aliphatic rings. The zero-order chi connectivity index (χ0) is 40.9. The van der Waals surface area contributed by atoms with E-state index in [9.17, 15) is 32.3 Å². The van der Waals surface area contributed by atoms with Gasteiger partial charge in [0.2, 0.25) is 0 Å². The van der Waals surface area contributed by atoms with E-state index in [0.717, 1.165) is 7.11 Å². The van der Waals surface area contributed by atoms with Crippen LogP contribution in [0.1, 0.15) is 72.8 Å². The second-order valence-electron chi connectivity index (χ2n) is 18.0. The molecule has 1 aromatic heterocycles. The van der Waals surface area contributed by atoms with Crippen LogP contribution in [-0.2, 0) is 27.9 Å². The Kier molecular flexibility index (Phi) is 12.4. The van der Waals surface area contributed by atoms with Crippen molar-refractivity contribution in [2.45, 2.75) is 128 Å². The molecule has 1 aliphatic heterocycles. The number of alkyl halides is 3. The van der Waals surface area contributed by atoms with Crippen LogP contribution >= 0.6 is 0 Å². The number of H-pyrrole nitrogens is 1. The monoisotopic (exact) mass is 788 g/mol. The molecule has 300 valence electrons. The topological polar surface area (TPSA) is 140 Å². The molecule has 2 N–H and O–H groups in total. The third-order valence-corrected chi connectivity index (χ3v) is 20.3. The molecular weight excluding hydrogens is 730 g/mol. The third kappa shape index (κ3) is 8.57. The van der Waals surface area contributed by atoms with Crippen LogP contribution in [0.4, 0.5) is 18.0 Å². The molecule has 0 unspecified atom stereocenters. The number of hydrogen-bond acceptors (Lipinski definition) is 8. The fourth-order valence-corrected chi connectivity index (χ4v) is 9.04. The number of fused-ring (bicyclic) bond motifs is 1. The Balaban J connectivity index is 2.49. The minimum absolute atomic E-state index is 0.0563. The van der Waals surface area contributed by atoms with Crippen LogP contribution in [0.3, 0.4) is 0 Å². The number of rotatable bonds is 10. The summed E-state index contributed by atoms with van der Waals surface area (Å²) in [6.07, 6.45) is -5.48. The van der Waals surface area contributed by atoms with Gasteiger partial charge in [-0.25, -0.2) is 19.6 Å². The van der Waals surface area contributed by atoms with E-state index in [4.69, 9.17) is 18.3 Å². The standard InChI is InChI=1S/C36H59F3N4O8Si2/c1-16-35-25(26(29(45)48-11)42(31(47)50-32(2,3)4)43(35)30(46)36(37,38)39)22(20-41-28(44)24-18-17-19-40-24)23(21-49-52(12,13)33(5,6)7)27(35)51-53(14,15)34(8,9)10/h16-19,22-23,25-27,40H,1,20-21H2,2-15H3,(H,41,44)/t22-,23-,25-,26+,27+,35+/m1/s1. The molecule has 0 bridgehead atoms. The van der Waals surface area contributed by atoms with Gasteiger partial charge in [0.05, 0.1) is 13.2 Å². The predicted molar refractivity (Wildman–Crippen MR) is 199 cm³/mol. The Labute approximate surface area is 313 Å². The Morgan fingerprint density at radius 2 is 1.53 bits per heavy atom. The van der Waals surface area contributed by atoms with Crippen molar-refractivity contribution in [1.82, 2.24) is 20.3 Å². The van der Waals surface area contributed by atoms with Gasteiger partial charge in [-0.2, -0.15) is 13.2 Å². The van der Waals surface area contributed by atoms with Crippen molar-refractivity contribution < 1.29 is 50.7 Å². The summed E-state index contributed by atoms with van der Waals surface area (Å²) in [5, 5.41) is 2.81. The number of ether oxygens (including phenoxy) is 2. The molecule has 53 heavy (non-hydrogen) atoms. The largest absolute Gasteiger partial charge is 0.473 e. The zero-order valence-electron chi connectivity index (χ0n) is 33.6. The van der Waals surface area contributed by atoms with Gasteiger partial charge in [-0.3, -0.25) is 9.59 Å². The van der Waals surface area contributed by atoms with Crippen molar-refractivity contribution in [3.05, 3.63) is 36.7 Å². The number of methoxy groups -OCH3 is 1. The molecule has 3 amide bonds. The van der Waals surface area contributed by atoms with Crippen molar-refractivity contribution >= 4 is 40.5 Å². The summed E-state index contributed by atoms with van der Waals surface area (Å²) in [5.41, 5.74) is -3.22. The van der Waals surface area contributed by atoms with Crippen LogP contribution in [0, 0.1) is 17.8 Å². The predicted octanol–water partition coefficient (Wildman–Crippen LogP) is 7.04. The summed E-state index contributed by atoms with van der Waals surface area (Å²) in [4.78, 5) is 58.3. The van der Waals surface area contributed by atoms with Crippen molar-refractivity contribution in [2.75, 3.05) is 20.3 Å². The van der Waals surface area contributed by atoms with Crippen LogP contribution in [-0.4, -0.2) is 105 Å². The fraction of sp³-hybridized carbons (Fsp3) is 0.722. The second kappa shape index (κ2) is 14.8. The molecule has 0 aromatic carbocycles. The molecule has 1 aromatic rings. The quantitative estimate of drug-likeness (QED) is 0.146. The van der Waals surface area contributed by atoms with Gasteiger partial charge >= 0.3 is 24.1 Å². The molecule has 1 saturated heterocycles. The number of hydrogen-bond donors (Lipinski definition) is 2. The third-order valence-electron chi connectivity index (χ3n) is 11.4. The van der Waals surface area contributed by atoms with E-state index in [-0.39, 0.29) is 28.9 Å². The van der Waals surface area contributed by atoms with E-state index in [1.165, 1.54) is 26.8 Å². The summed E-state index contributed by atoms with van der Waals surface area (Å²) in [5.74, 6) is -7.16. The highest BCUT2D eigenvalue weighted by molar-refractivity contribution is 6.74. The first-order valence-electron chi connectivity index (χ1n) is 17.8. The zero-order valence-corrected chi connectivity index (χ0v) is 35.6. The molecule has 12 nitrogen and oxygen atoms in total. The Morgan fingerprint density at radius 1 is 0.962 bits per heavy atom. The van der Waals surface area contributed by atoms with Crippen LogP contribution in [0.5, 0.6) is 0 Å². The number of carbonyl (C=O) groups excluding carboxylic acids is 4. The number of aromatic nitrogens is 1. The van der Waals surface area contributed by atoms with Crippen molar-refractivity contribution in [1.29, 1.82) is 0 Å². The van der Waals surface area contributed by atoms with E-state index in [2.05, 4.69) is 16.9 Å². The highest BCUT2D eigenvalue weighted by Gasteiger charge is 2.77. The van der Waals surface area contributed by atoms with Crippen molar-refractivity contribution in [3.63, 3.8) is 0 Å². The van der Waals surface area contributed by atoms with E-state index >= 15 is 0 Å². The smallest absolute Gasteiger partial charge is 0.467 e. The SMILES string of the molecule is C=C[C@]12[C@H]([C@H](CNC(=O)c3ccc[nH]3)[C@@H](CO[Si](C)(C)C(C)(C)C)[C@@H]1O[Si](C)(C)C(C)(C)C)[C@@H](C(=O)OC)N(C(=O)OC(C)(C)C)N2C(=O)C(F)(F)F. The lowest BCUT2D eigenvalue weighted by molar-refractivity contribution is -0.209. The van der Waals surface area contributed by atoms with Gasteiger partial charge in [0.15, 0.2) is 22.7 Å². The first-order valence-corrected chi connectivity index (χ1v) is 23.6. The fourth-order valence-electron chi connectivity index (χ4n) is 6.65. The molecule has 17 heteroatoms. The highest BCUT2D eigenvalue weighted by atomic mass is 28.4. The van der Waals surface area contributed by atoms with Crippen LogP contribution in [0.25, 0.3) is 0 Å². The van der Waals surface area contributed by atoms with Gasteiger partial charge in [-0.15, -0.1) is 6.58 Å². The van der Waals surface area contributed by atoms with E-state index < -0.39 is 92.8 Å². The Morgan fingerprint density at radius 3 is 1.96 bits per heavy atom. The first-order chi connectivity index (χ1) is 23.9. The molecule has 1 aliphatic carbocycles. The van der Waals surface area contributed by atoms with Gasteiger partial charge in [0.25, 0.3) is 5.91 Å². The number of carbonyl (C=O) groups is 4. The van der Waals surface area contributed by atoms with Gasteiger partial charge < -0.3 is 28.6 Å². The molecule has 2 fully saturated rings. The number of nitrogens with one attached hydrogen (secondary N) is 2. The molecule has 2 heterocycles. The molecule has 6 atom stereocenters. The molecular formula is C36H59F3N4O8Si2.